The van der Waals surface area contributed by atoms with Gasteiger partial charge in [0.15, 0.2) is 6.61 Å². The van der Waals surface area contributed by atoms with Gasteiger partial charge in [0.1, 0.15) is 0 Å². The van der Waals surface area contributed by atoms with Crippen molar-refractivity contribution in [2.24, 2.45) is 0 Å². The Balaban J connectivity index is 1.61. The number of hydrogen-bond acceptors (Lipinski definition) is 5. The maximum Gasteiger partial charge on any atom is 0.331 e. The van der Waals surface area contributed by atoms with E-state index in [1.54, 1.807) is 6.20 Å². The van der Waals surface area contributed by atoms with Gasteiger partial charge in [-0.3, -0.25) is 14.9 Å². The van der Waals surface area contributed by atoms with Gasteiger partial charge in [0, 0.05) is 40.9 Å². The molecule has 0 aliphatic heterocycles. The number of hydrogen-bond donors (Lipinski definition) is 1. The molecule has 0 aliphatic carbocycles. The number of nitrogens with zero attached hydrogens (tertiary/aromatic N) is 1. The Labute approximate surface area is 160 Å². The average molecular weight is 378 g/mol. The molecule has 0 radical (unpaired) electrons. The highest BCUT2D eigenvalue weighted by molar-refractivity contribution is 6.09. The van der Waals surface area contributed by atoms with Crippen molar-refractivity contribution in [2.75, 3.05) is 6.61 Å². The van der Waals surface area contributed by atoms with Crippen LogP contribution in [0, 0.1) is 10.1 Å². The van der Waals surface area contributed by atoms with Crippen LogP contribution in [0.1, 0.15) is 28.4 Å². The summed E-state index contributed by atoms with van der Waals surface area (Å²) in [6.45, 7) is 1.67. The van der Waals surface area contributed by atoms with Crippen LogP contribution in [0.4, 0.5) is 5.69 Å². The summed E-state index contributed by atoms with van der Waals surface area (Å²) >= 11 is 0. The third kappa shape index (κ3) is 4.15. The van der Waals surface area contributed by atoms with Gasteiger partial charge < -0.3 is 9.72 Å². The van der Waals surface area contributed by atoms with Crippen LogP contribution < -0.4 is 0 Å². The maximum absolute atomic E-state index is 12.4. The number of fused-ring (bicyclic) bond motifs is 1. The zero-order chi connectivity index (χ0) is 20.1. The third-order valence-corrected chi connectivity index (χ3v) is 4.34. The summed E-state index contributed by atoms with van der Waals surface area (Å²) in [5.41, 5.74) is 3.09. The molecule has 28 heavy (non-hydrogen) atoms. The first-order chi connectivity index (χ1) is 13.5. The second kappa shape index (κ2) is 8.30. The van der Waals surface area contributed by atoms with E-state index >= 15 is 0 Å². The molecule has 1 N–H and O–H groups in total. The number of benzene rings is 2. The number of aromatic amines is 1. The van der Waals surface area contributed by atoms with Crippen LogP contribution >= 0.6 is 0 Å². The first-order valence-electron chi connectivity index (χ1n) is 8.71. The Bertz CT molecular complexity index is 1060. The average Bonchev–Trinajstić information content (AvgIpc) is 3.15. The molecular weight excluding hydrogens is 360 g/mol. The van der Waals surface area contributed by atoms with E-state index < -0.39 is 10.9 Å². The van der Waals surface area contributed by atoms with Gasteiger partial charge in [-0.15, -0.1) is 0 Å². The highest BCUT2D eigenvalue weighted by Crippen LogP contribution is 2.22. The van der Waals surface area contributed by atoms with Crippen molar-refractivity contribution in [1.82, 2.24) is 4.98 Å². The Morgan fingerprint density at radius 3 is 2.61 bits per heavy atom. The summed E-state index contributed by atoms with van der Waals surface area (Å²) in [6, 6.07) is 11.5. The molecule has 142 valence electrons. The van der Waals surface area contributed by atoms with Crippen LogP contribution in [-0.2, 0) is 16.0 Å². The molecule has 0 saturated heterocycles. The lowest BCUT2D eigenvalue weighted by Crippen LogP contribution is -2.12. The molecule has 0 amide bonds. The summed E-state index contributed by atoms with van der Waals surface area (Å²) in [4.78, 5) is 37.5. The predicted molar refractivity (Wildman–Crippen MR) is 105 cm³/mol. The van der Waals surface area contributed by atoms with E-state index in [1.165, 1.54) is 36.4 Å². The number of aromatic nitrogens is 1. The van der Waals surface area contributed by atoms with E-state index in [2.05, 4.69) is 4.98 Å². The van der Waals surface area contributed by atoms with E-state index in [0.29, 0.717) is 11.1 Å². The second-order valence-electron chi connectivity index (χ2n) is 6.11. The zero-order valence-corrected chi connectivity index (χ0v) is 15.2. The maximum atomic E-state index is 12.4. The highest BCUT2D eigenvalue weighted by Gasteiger charge is 2.15. The molecule has 1 aromatic heterocycles. The Hall–Kier alpha value is -3.74. The smallest absolute Gasteiger partial charge is 0.331 e. The molecule has 3 aromatic rings. The molecule has 0 fully saturated rings. The minimum absolute atomic E-state index is 0.0321. The van der Waals surface area contributed by atoms with Gasteiger partial charge in [0.05, 0.1) is 4.92 Å². The molecule has 3 rings (SSSR count). The van der Waals surface area contributed by atoms with Gasteiger partial charge in [-0.1, -0.05) is 25.1 Å². The standard InChI is InChI=1S/C21H18N2O5/c1-2-15-4-3-5-17-18(12-22-21(15)17)19(24)13-28-20(25)11-8-14-6-9-16(10-7-14)23(26)27/h3-12,22H,2,13H2,1H3/b11-8+. The van der Waals surface area contributed by atoms with Crippen molar-refractivity contribution in [3.63, 3.8) is 0 Å². The molecule has 0 bridgehead atoms. The fraction of sp³-hybridized carbons (Fsp3) is 0.143. The lowest BCUT2D eigenvalue weighted by molar-refractivity contribution is -0.384. The van der Waals surface area contributed by atoms with Gasteiger partial charge in [0.25, 0.3) is 5.69 Å². The quantitative estimate of drug-likeness (QED) is 0.219. The lowest BCUT2D eigenvalue weighted by atomic mass is 10.1. The molecular formula is C21H18N2O5. The fourth-order valence-electron chi connectivity index (χ4n) is 2.88. The highest BCUT2D eigenvalue weighted by atomic mass is 16.6. The number of ketones is 1. The van der Waals surface area contributed by atoms with Gasteiger partial charge in [-0.25, -0.2) is 4.79 Å². The van der Waals surface area contributed by atoms with Gasteiger partial charge >= 0.3 is 5.97 Å². The Morgan fingerprint density at radius 2 is 1.93 bits per heavy atom. The van der Waals surface area contributed by atoms with E-state index in [1.807, 2.05) is 25.1 Å². The van der Waals surface area contributed by atoms with Crippen molar-refractivity contribution < 1.29 is 19.2 Å². The molecule has 0 atom stereocenters. The van der Waals surface area contributed by atoms with Crippen molar-refractivity contribution in [3.8, 4) is 0 Å². The number of esters is 1. The number of Topliss-reactive ketones (excluding diaryl/α,β-unsaturated/α-hetero) is 1. The Morgan fingerprint density at radius 1 is 1.18 bits per heavy atom. The van der Waals surface area contributed by atoms with E-state index in [-0.39, 0.29) is 18.1 Å². The number of nitro groups is 1. The summed E-state index contributed by atoms with van der Waals surface area (Å²) in [6.07, 6.45) is 5.12. The minimum atomic E-state index is -0.666. The Kier molecular flexibility index (Phi) is 5.64. The first kappa shape index (κ1) is 19.0. The normalized spacial score (nSPS) is 11.0. The zero-order valence-electron chi connectivity index (χ0n) is 15.2. The number of nitrogens with one attached hydrogen (secondary N) is 1. The van der Waals surface area contributed by atoms with Crippen LogP contribution in [0.15, 0.2) is 54.7 Å². The van der Waals surface area contributed by atoms with Crippen LogP contribution in [0.2, 0.25) is 0 Å². The molecule has 1 heterocycles. The molecule has 0 spiro atoms. The predicted octanol–water partition coefficient (Wildman–Crippen LogP) is 4.08. The fourth-order valence-corrected chi connectivity index (χ4v) is 2.88. The lowest BCUT2D eigenvalue weighted by Gasteiger charge is -2.02. The minimum Gasteiger partial charge on any atom is -0.454 e. The van der Waals surface area contributed by atoms with E-state index in [4.69, 9.17) is 4.74 Å². The summed E-state index contributed by atoms with van der Waals surface area (Å²) < 4.78 is 5.02. The number of aryl methyl sites for hydroxylation is 1. The second-order valence-corrected chi connectivity index (χ2v) is 6.11. The number of H-pyrrole nitrogens is 1. The van der Waals surface area contributed by atoms with Gasteiger partial charge in [-0.05, 0) is 35.8 Å². The molecule has 0 unspecified atom stereocenters. The monoisotopic (exact) mass is 378 g/mol. The van der Waals surface area contributed by atoms with Crippen molar-refractivity contribution in [3.05, 3.63) is 81.5 Å². The van der Waals surface area contributed by atoms with Crippen molar-refractivity contribution in [1.29, 1.82) is 0 Å². The summed E-state index contributed by atoms with van der Waals surface area (Å²) in [5, 5.41) is 11.4. The number of non-ortho nitro benzene ring substituents is 1. The van der Waals surface area contributed by atoms with Crippen LogP contribution in [-0.4, -0.2) is 28.3 Å². The summed E-state index contributed by atoms with van der Waals surface area (Å²) in [7, 11) is 0. The number of ether oxygens (including phenoxy) is 1. The topological polar surface area (TPSA) is 102 Å². The van der Waals surface area contributed by atoms with Crippen LogP contribution in [0.25, 0.3) is 17.0 Å². The third-order valence-electron chi connectivity index (χ3n) is 4.34. The van der Waals surface area contributed by atoms with Crippen molar-refractivity contribution in [2.45, 2.75) is 13.3 Å². The molecule has 0 saturated carbocycles. The SMILES string of the molecule is CCc1cccc2c(C(=O)COC(=O)/C=C/c3ccc([N+](=O)[O-])cc3)c[nH]c12. The number of carbonyl (C=O) groups excluding carboxylic acids is 2. The van der Waals surface area contributed by atoms with Crippen LogP contribution in [0.5, 0.6) is 0 Å². The van der Waals surface area contributed by atoms with E-state index in [9.17, 15) is 19.7 Å². The first-order valence-corrected chi connectivity index (χ1v) is 8.71. The molecule has 7 heteroatoms. The molecule has 7 nitrogen and oxygen atoms in total. The largest absolute Gasteiger partial charge is 0.454 e. The number of para-hydroxylation sites is 1. The van der Waals surface area contributed by atoms with E-state index in [0.717, 1.165) is 22.9 Å². The number of rotatable bonds is 7. The van der Waals surface area contributed by atoms with Crippen LogP contribution in [0.3, 0.4) is 0 Å². The molecule has 2 aromatic carbocycles. The van der Waals surface area contributed by atoms with Crippen molar-refractivity contribution >= 4 is 34.4 Å². The molecule has 0 aliphatic rings. The van der Waals surface area contributed by atoms with Gasteiger partial charge in [-0.2, -0.15) is 0 Å². The number of carbonyl (C=O) groups is 2. The number of nitro benzene ring substituents is 1. The summed E-state index contributed by atoms with van der Waals surface area (Å²) in [5.74, 6) is -0.961. The van der Waals surface area contributed by atoms with Gasteiger partial charge in [0.2, 0.25) is 5.78 Å².